The van der Waals surface area contributed by atoms with Crippen LogP contribution in [0.1, 0.15) is 32.4 Å². The Kier molecular flexibility index (Phi) is 4.66. The molecule has 1 heterocycles. The highest BCUT2D eigenvalue weighted by molar-refractivity contribution is 9.10. The van der Waals surface area contributed by atoms with Gasteiger partial charge in [-0.1, -0.05) is 28.1 Å². The van der Waals surface area contributed by atoms with Crippen molar-refractivity contribution in [2.45, 2.75) is 38.5 Å². The number of nitrogens with two attached hydrogens (primary N) is 1. The summed E-state index contributed by atoms with van der Waals surface area (Å²) >= 11 is 3.54. The van der Waals surface area contributed by atoms with E-state index in [1.165, 1.54) is 5.56 Å². The molecular weight excluding hydrogens is 304 g/mol. The maximum absolute atomic E-state index is 6.24. The van der Waals surface area contributed by atoms with E-state index < -0.39 is 0 Å². The zero-order chi connectivity index (χ0) is 14.0. The summed E-state index contributed by atoms with van der Waals surface area (Å²) < 4.78 is 6.89. The van der Waals surface area contributed by atoms with Crippen LogP contribution in [0.25, 0.3) is 0 Å². The minimum atomic E-state index is -0.0998. The molecule has 2 N–H and O–H groups in total. The van der Waals surface area contributed by atoms with Gasteiger partial charge in [-0.3, -0.25) is 4.90 Å². The van der Waals surface area contributed by atoms with Crippen molar-refractivity contribution in [2.75, 3.05) is 19.7 Å². The molecular formula is C15H23BrN2O. The molecule has 2 unspecified atom stereocenters. The highest BCUT2D eigenvalue weighted by atomic mass is 79.9. The summed E-state index contributed by atoms with van der Waals surface area (Å²) in [6.45, 7) is 8.96. The Morgan fingerprint density at radius 3 is 2.74 bits per heavy atom. The maximum atomic E-state index is 6.24. The molecule has 1 aromatic carbocycles. The molecule has 3 nitrogen and oxygen atoms in total. The molecule has 0 saturated carbocycles. The molecule has 0 radical (unpaired) electrons. The lowest BCUT2D eigenvalue weighted by molar-refractivity contribution is -0.0995. The highest BCUT2D eigenvalue weighted by Crippen LogP contribution is 2.30. The fourth-order valence-electron chi connectivity index (χ4n) is 2.83. The second kappa shape index (κ2) is 5.92. The summed E-state index contributed by atoms with van der Waals surface area (Å²) in [5.74, 6) is 0. The van der Waals surface area contributed by atoms with Crippen LogP contribution in [0.5, 0.6) is 0 Å². The monoisotopic (exact) mass is 326 g/mol. The van der Waals surface area contributed by atoms with Crippen molar-refractivity contribution in [3.63, 3.8) is 0 Å². The van der Waals surface area contributed by atoms with Gasteiger partial charge < -0.3 is 10.5 Å². The van der Waals surface area contributed by atoms with Gasteiger partial charge in [0.15, 0.2) is 0 Å². The Hall–Kier alpha value is -0.420. The van der Waals surface area contributed by atoms with Gasteiger partial charge in [-0.2, -0.15) is 0 Å². The van der Waals surface area contributed by atoms with E-state index in [1.54, 1.807) is 0 Å². The molecule has 0 spiro atoms. The minimum Gasteiger partial charge on any atom is -0.373 e. The number of rotatable bonds is 3. The van der Waals surface area contributed by atoms with Gasteiger partial charge in [0, 0.05) is 29.6 Å². The first-order valence-electron chi connectivity index (χ1n) is 6.78. The predicted octanol–water partition coefficient (Wildman–Crippen LogP) is 2.95. The highest BCUT2D eigenvalue weighted by Gasteiger charge is 2.33. The first-order chi connectivity index (χ1) is 8.89. The van der Waals surface area contributed by atoms with E-state index in [4.69, 9.17) is 10.5 Å². The van der Waals surface area contributed by atoms with Crippen molar-refractivity contribution in [1.82, 2.24) is 4.90 Å². The Labute approximate surface area is 124 Å². The smallest absolute Gasteiger partial charge is 0.0753 e. The van der Waals surface area contributed by atoms with Gasteiger partial charge in [0.2, 0.25) is 0 Å². The molecule has 1 aliphatic heterocycles. The molecule has 0 aliphatic carbocycles. The molecule has 106 valence electrons. The molecule has 19 heavy (non-hydrogen) atoms. The Morgan fingerprint density at radius 1 is 1.42 bits per heavy atom. The van der Waals surface area contributed by atoms with E-state index in [0.717, 1.165) is 24.2 Å². The van der Waals surface area contributed by atoms with Crippen LogP contribution >= 0.6 is 15.9 Å². The Morgan fingerprint density at radius 2 is 2.16 bits per heavy atom. The lowest BCUT2D eigenvalue weighted by atomic mass is 9.96. The summed E-state index contributed by atoms with van der Waals surface area (Å²) in [6, 6.07) is 8.76. The van der Waals surface area contributed by atoms with Crippen LogP contribution in [0.4, 0.5) is 0 Å². The third kappa shape index (κ3) is 3.78. The Bertz CT molecular complexity index is 434. The van der Waals surface area contributed by atoms with Crippen LogP contribution in [-0.2, 0) is 4.74 Å². The molecule has 1 aliphatic rings. The van der Waals surface area contributed by atoms with Gasteiger partial charge in [0.05, 0.1) is 12.2 Å². The molecule has 2 atom stereocenters. The maximum Gasteiger partial charge on any atom is 0.0753 e. The predicted molar refractivity (Wildman–Crippen MR) is 82.1 cm³/mol. The summed E-state index contributed by atoms with van der Waals surface area (Å²) in [5, 5.41) is 0. The average molecular weight is 327 g/mol. The van der Waals surface area contributed by atoms with Crippen molar-refractivity contribution in [2.24, 2.45) is 5.73 Å². The summed E-state index contributed by atoms with van der Waals surface area (Å²) in [7, 11) is 0. The quantitative estimate of drug-likeness (QED) is 0.928. The first-order valence-corrected chi connectivity index (χ1v) is 7.57. The van der Waals surface area contributed by atoms with Gasteiger partial charge in [0.1, 0.15) is 0 Å². The number of ether oxygens (including phenoxy) is 1. The van der Waals surface area contributed by atoms with Gasteiger partial charge in [-0.05, 0) is 38.5 Å². The second-order valence-electron chi connectivity index (χ2n) is 5.94. The topological polar surface area (TPSA) is 38.5 Å². The zero-order valence-electron chi connectivity index (χ0n) is 11.9. The van der Waals surface area contributed by atoms with Crippen LogP contribution in [0, 0.1) is 0 Å². The van der Waals surface area contributed by atoms with E-state index in [-0.39, 0.29) is 17.7 Å². The number of nitrogens with zero attached hydrogens (tertiary/aromatic N) is 1. The van der Waals surface area contributed by atoms with E-state index in [2.05, 4.69) is 59.8 Å². The van der Waals surface area contributed by atoms with Crippen LogP contribution in [0.15, 0.2) is 28.7 Å². The minimum absolute atomic E-state index is 0.0863. The van der Waals surface area contributed by atoms with Gasteiger partial charge in [-0.25, -0.2) is 0 Å². The molecule has 2 rings (SSSR count). The van der Waals surface area contributed by atoms with E-state index in [1.807, 2.05) is 6.07 Å². The van der Waals surface area contributed by atoms with Crippen LogP contribution in [0.2, 0.25) is 0 Å². The lowest BCUT2D eigenvalue weighted by Crippen LogP contribution is -2.52. The lowest BCUT2D eigenvalue weighted by Gasteiger charge is -2.43. The average Bonchev–Trinajstić information content (AvgIpc) is 2.27. The van der Waals surface area contributed by atoms with Crippen LogP contribution in [-0.4, -0.2) is 36.2 Å². The van der Waals surface area contributed by atoms with E-state index in [9.17, 15) is 0 Å². The second-order valence-corrected chi connectivity index (χ2v) is 6.85. The first kappa shape index (κ1) is 15.0. The molecule has 1 fully saturated rings. The number of morpholine rings is 1. The molecule has 4 heteroatoms. The van der Waals surface area contributed by atoms with Crippen molar-refractivity contribution >= 4 is 15.9 Å². The summed E-state index contributed by atoms with van der Waals surface area (Å²) in [5.41, 5.74) is 7.41. The third-order valence-electron chi connectivity index (χ3n) is 3.54. The van der Waals surface area contributed by atoms with Crippen LogP contribution < -0.4 is 5.73 Å². The molecule has 0 bridgehead atoms. The van der Waals surface area contributed by atoms with Crippen molar-refractivity contribution in [3.05, 3.63) is 34.3 Å². The zero-order valence-corrected chi connectivity index (χ0v) is 13.5. The summed E-state index contributed by atoms with van der Waals surface area (Å²) in [4.78, 5) is 2.44. The van der Waals surface area contributed by atoms with Gasteiger partial charge in [-0.15, -0.1) is 0 Å². The van der Waals surface area contributed by atoms with Crippen LogP contribution in [0.3, 0.4) is 0 Å². The number of benzene rings is 1. The standard InChI is InChI=1S/C15H23BrN2O/c1-11(17)14(12-5-4-6-13(16)9-12)18-7-8-19-15(2,3)10-18/h4-6,9,11,14H,7-8,10,17H2,1-3H3. The number of hydrogen-bond donors (Lipinski definition) is 1. The fourth-order valence-corrected chi connectivity index (χ4v) is 3.24. The normalized spacial score (nSPS) is 23.0. The molecule has 1 saturated heterocycles. The third-order valence-corrected chi connectivity index (χ3v) is 4.03. The fraction of sp³-hybridized carbons (Fsp3) is 0.600. The van der Waals surface area contributed by atoms with Crippen molar-refractivity contribution in [1.29, 1.82) is 0 Å². The van der Waals surface area contributed by atoms with Gasteiger partial charge in [0.25, 0.3) is 0 Å². The number of halogens is 1. The SMILES string of the molecule is CC(N)C(c1cccc(Br)c1)N1CCOC(C)(C)C1. The largest absolute Gasteiger partial charge is 0.373 e. The molecule has 0 aromatic heterocycles. The number of hydrogen-bond acceptors (Lipinski definition) is 3. The van der Waals surface area contributed by atoms with Crippen molar-refractivity contribution in [3.8, 4) is 0 Å². The molecule has 0 amide bonds. The van der Waals surface area contributed by atoms with E-state index in [0.29, 0.717) is 0 Å². The summed E-state index contributed by atoms with van der Waals surface area (Å²) in [6.07, 6.45) is 0. The molecule has 1 aromatic rings. The van der Waals surface area contributed by atoms with Gasteiger partial charge >= 0.3 is 0 Å². The van der Waals surface area contributed by atoms with Crippen molar-refractivity contribution < 1.29 is 4.74 Å². The van der Waals surface area contributed by atoms with E-state index >= 15 is 0 Å². The Balaban J connectivity index is 2.25.